The summed E-state index contributed by atoms with van der Waals surface area (Å²) in [6.45, 7) is 0. The largest absolute Gasteiger partial charge is 0.772 e. The first-order chi connectivity index (χ1) is 9.27. The van der Waals surface area contributed by atoms with Gasteiger partial charge in [0.25, 0.3) is 0 Å². The minimum Gasteiger partial charge on any atom is -0.772 e. The highest BCUT2D eigenvalue weighted by Gasteiger charge is 2.22. The van der Waals surface area contributed by atoms with Crippen molar-refractivity contribution in [1.82, 2.24) is 14.3 Å². The van der Waals surface area contributed by atoms with Gasteiger partial charge in [-0.05, 0) is 34.1 Å². The lowest BCUT2D eigenvalue weighted by molar-refractivity contribution is 0.529. The highest BCUT2D eigenvalue weighted by molar-refractivity contribution is 7.79. The summed E-state index contributed by atoms with van der Waals surface area (Å²) in [5, 5.41) is 1.32. The Morgan fingerprint density at radius 1 is 1.21 bits per heavy atom. The Balaban J connectivity index is 2.24. The van der Waals surface area contributed by atoms with Crippen LogP contribution < -0.4 is 0 Å². The monoisotopic (exact) mass is 290 g/mol. The van der Waals surface area contributed by atoms with E-state index in [-0.39, 0.29) is 0 Å². The van der Waals surface area contributed by atoms with Gasteiger partial charge in [0.05, 0.1) is 5.69 Å². The maximum absolute atomic E-state index is 11.5. The maximum atomic E-state index is 11.5. The molecule has 1 aromatic carbocycles. The molecule has 0 radical (unpaired) electrons. The van der Waals surface area contributed by atoms with Crippen LogP contribution in [0.15, 0.2) is 42.9 Å². The summed E-state index contributed by atoms with van der Waals surface area (Å²) in [6, 6.07) is 9.40. The molecule has 0 aliphatic heterocycles. The van der Waals surface area contributed by atoms with E-state index in [0.29, 0.717) is 10.7 Å². The van der Waals surface area contributed by atoms with Crippen molar-refractivity contribution in [2.45, 2.75) is 5.25 Å². The molecule has 2 aromatic heterocycles. The van der Waals surface area contributed by atoms with Gasteiger partial charge in [-0.2, -0.15) is 4.37 Å². The molecule has 3 rings (SSSR count). The van der Waals surface area contributed by atoms with Gasteiger partial charge < -0.3 is 4.55 Å². The van der Waals surface area contributed by atoms with Crippen LogP contribution in [0.3, 0.4) is 0 Å². The topological polar surface area (TPSA) is 78.8 Å². The number of nitrogens with zero attached hydrogens (tertiary/aromatic N) is 3. The van der Waals surface area contributed by atoms with Crippen molar-refractivity contribution in [3.05, 3.63) is 53.6 Å². The molecule has 5 nitrogen and oxygen atoms in total. The van der Waals surface area contributed by atoms with Crippen LogP contribution in [0.2, 0.25) is 0 Å². The second-order valence-electron chi connectivity index (χ2n) is 3.84. The van der Waals surface area contributed by atoms with Gasteiger partial charge in [0.15, 0.2) is 0 Å². The molecule has 0 aliphatic rings. The molecule has 0 saturated heterocycles. The van der Waals surface area contributed by atoms with Gasteiger partial charge in [-0.1, -0.05) is 24.3 Å². The number of rotatable bonds is 3. The quantitative estimate of drug-likeness (QED) is 0.690. The zero-order valence-electron chi connectivity index (χ0n) is 9.59. The smallest absolute Gasteiger partial charge is 0.134 e. The molecule has 0 spiro atoms. The van der Waals surface area contributed by atoms with Gasteiger partial charge in [0, 0.05) is 11.6 Å². The summed E-state index contributed by atoms with van der Waals surface area (Å²) < 4.78 is 26.9. The molecule has 0 N–H and O–H groups in total. The lowest BCUT2D eigenvalue weighted by Gasteiger charge is -2.18. The van der Waals surface area contributed by atoms with E-state index in [0.717, 1.165) is 22.3 Å². The zero-order valence-corrected chi connectivity index (χ0v) is 11.2. The molecular formula is C12H8N3O2S2-. The summed E-state index contributed by atoms with van der Waals surface area (Å²) >= 11 is -1.28. The van der Waals surface area contributed by atoms with Crippen molar-refractivity contribution in [1.29, 1.82) is 0 Å². The van der Waals surface area contributed by atoms with Crippen molar-refractivity contribution < 1.29 is 8.76 Å². The predicted molar refractivity (Wildman–Crippen MR) is 72.4 cm³/mol. The molecule has 96 valence electrons. The lowest BCUT2D eigenvalue weighted by Crippen LogP contribution is -2.10. The number of benzene rings is 1. The Kier molecular flexibility index (Phi) is 3.33. The van der Waals surface area contributed by atoms with Crippen molar-refractivity contribution in [2.24, 2.45) is 0 Å². The van der Waals surface area contributed by atoms with Gasteiger partial charge in [0.2, 0.25) is 0 Å². The van der Waals surface area contributed by atoms with E-state index in [1.807, 2.05) is 30.3 Å². The van der Waals surface area contributed by atoms with Crippen LogP contribution in [-0.2, 0) is 11.1 Å². The van der Waals surface area contributed by atoms with Crippen LogP contribution in [0.4, 0.5) is 0 Å². The van der Waals surface area contributed by atoms with Gasteiger partial charge in [0.1, 0.15) is 16.6 Å². The fraction of sp³-hybridized carbons (Fsp3) is 0.0833. The normalized spacial score (nSPS) is 14.4. The third kappa shape index (κ3) is 2.27. The van der Waals surface area contributed by atoms with Crippen LogP contribution in [0, 0.1) is 0 Å². The molecule has 2 atom stereocenters. The standard InChI is InChI=1S/C12H9N3O2S2/c16-19(17)11(12-14-7-15-18-12)10-9-4-2-1-3-8(9)5-6-13-10/h1-7,11H,(H,16,17)/p-1. The van der Waals surface area contributed by atoms with Crippen molar-refractivity contribution in [3.63, 3.8) is 0 Å². The van der Waals surface area contributed by atoms with Crippen LogP contribution >= 0.6 is 11.5 Å². The van der Waals surface area contributed by atoms with Crippen molar-refractivity contribution in [3.8, 4) is 0 Å². The molecule has 2 unspecified atom stereocenters. The average Bonchev–Trinajstić information content (AvgIpc) is 2.93. The van der Waals surface area contributed by atoms with E-state index in [2.05, 4.69) is 14.3 Å². The predicted octanol–water partition coefficient (Wildman–Crippen LogP) is 2.05. The van der Waals surface area contributed by atoms with Crippen molar-refractivity contribution >= 4 is 33.4 Å². The minimum absolute atomic E-state index is 0.428. The van der Waals surface area contributed by atoms with Crippen molar-refractivity contribution in [2.75, 3.05) is 0 Å². The number of hydrogen-bond acceptors (Lipinski definition) is 6. The lowest BCUT2D eigenvalue weighted by atomic mass is 10.1. The SMILES string of the molecule is O=S([O-])C(c1ncns1)c1nccc2ccccc12. The fourth-order valence-electron chi connectivity index (χ4n) is 1.94. The molecule has 3 aromatic rings. The van der Waals surface area contributed by atoms with Gasteiger partial charge >= 0.3 is 0 Å². The third-order valence-electron chi connectivity index (χ3n) is 2.75. The van der Waals surface area contributed by atoms with Crippen LogP contribution in [0.5, 0.6) is 0 Å². The molecule has 2 heterocycles. The maximum Gasteiger partial charge on any atom is 0.134 e. The average molecular weight is 290 g/mol. The zero-order chi connectivity index (χ0) is 13.2. The second-order valence-corrected chi connectivity index (χ2v) is 5.64. The number of hydrogen-bond donors (Lipinski definition) is 0. The van der Waals surface area contributed by atoms with E-state index in [1.165, 1.54) is 6.33 Å². The van der Waals surface area contributed by atoms with E-state index >= 15 is 0 Å². The summed E-state index contributed by atoms with van der Waals surface area (Å²) in [4.78, 5) is 8.23. The molecular weight excluding hydrogens is 282 g/mol. The number of aromatic nitrogens is 3. The fourth-order valence-corrected chi connectivity index (χ4v) is 3.40. The Morgan fingerprint density at radius 2 is 2.05 bits per heavy atom. The third-order valence-corrected chi connectivity index (χ3v) is 4.46. The van der Waals surface area contributed by atoms with Gasteiger partial charge in [-0.3, -0.25) is 9.19 Å². The minimum atomic E-state index is -2.34. The molecule has 0 amide bonds. The Bertz CT molecular complexity index is 725. The van der Waals surface area contributed by atoms with E-state index in [1.54, 1.807) is 6.20 Å². The molecule has 0 bridgehead atoms. The number of fused-ring (bicyclic) bond motifs is 1. The van der Waals surface area contributed by atoms with Crippen LogP contribution in [0.25, 0.3) is 10.8 Å². The summed E-state index contributed by atoms with van der Waals surface area (Å²) in [5.41, 5.74) is 0.489. The highest BCUT2D eigenvalue weighted by Crippen LogP contribution is 2.31. The summed E-state index contributed by atoms with van der Waals surface area (Å²) in [7, 11) is 0. The molecule has 7 heteroatoms. The Labute approximate surface area is 115 Å². The first-order valence-electron chi connectivity index (χ1n) is 5.45. The Hall–Kier alpha value is -1.70. The van der Waals surface area contributed by atoms with Gasteiger partial charge in [-0.25, -0.2) is 4.98 Å². The Morgan fingerprint density at radius 3 is 2.79 bits per heavy atom. The summed E-state index contributed by atoms with van der Waals surface area (Å²) in [5.74, 6) is 0. The highest BCUT2D eigenvalue weighted by atomic mass is 32.2. The van der Waals surface area contributed by atoms with Crippen LogP contribution in [0.1, 0.15) is 16.0 Å². The van der Waals surface area contributed by atoms with Crippen LogP contribution in [-0.4, -0.2) is 23.1 Å². The summed E-state index contributed by atoms with van der Waals surface area (Å²) in [6.07, 6.45) is 2.96. The van der Waals surface area contributed by atoms with E-state index < -0.39 is 16.3 Å². The van der Waals surface area contributed by atoms with E-state index in [9.17, 15) is 8.76 Å². The first kappa shape index (κ1) is 12.3. The molecule has 0 fully saturated rings. The van der Waals surface area contributed by atoms with Gasteiger partial charge in [-0.15, -0.1) is 0 Å². The second kappa shape index (κ2) is 5.12. The number of pyridine rings is 1. The molecule has 19 heavy (non-hydrogen) atoms. The molecule has 0 saturated carbocycles. The first-order valence-corrected chi connectivity index (χ1v) is 7.37. The van der Waals surface area contributed by atoms with E-state index in [4.69, 9.17) is 0 Å². The molecule has 0 aliphatic carbocycles.